The maximum atomic E-state index is 12.4. The van der Waals surface area contributed by atoms with E-state index < -0.39 is 11.9 Å². The molecule has 3 N–H and O–H groups in total. The Morgan fingerprint density at radius 2 is 2.04 bits per heavy atom. The van der Waals surface area contributed by atoms with Gasteiger partial charge in [0.2, 0.25) is 5.91 Å². The molecule has 2 amide bonds. The van der Waals surface area contributed by atoms with Crippen LogP contribution in [0, 0.1) is 0 Å². The second-order valence-corrected chi connectivity index (χ2v) is 6.92. The van der Waals surface area contributed by atoms with Gasteiger partial charge < -0.3 is 15.6 Å². The van der Waals surface area contributed by atoms with Gasteiger partial charge in [-0.15, -0.1) is 10.2 Å². The van der Waals surface area contributed by atoms with Crippen LogP contribution in [0.3, 0.4) is 0 Å². The first-order chi connectivity index (χ1) is 11.8. The smallest absolute Gasteiger partial charge is 0.251 e. The molecule has 0 aliphatic heterocycles. The number of aromatic nitrogens is 3. The molecule has 0 spiro atoms. The molecule has 0 radical (unpaired) electrons. The first-order valence-corrected chi connectivity index (χ1v) is 9.17. The van der Waals surface area contributed by atoms with Gasteiger partial charge in [-0.05, 0) is 32.0 Å². The normalized spacial score (nSPS) is 12.0. The molecule has 2 rings (SSSR count). The third-order valence-corrected chi connectivity index (χ3v) is 5.05. The molecule has 25 heavy (non-hydrogen) atoms. The summed E-state index contributed by atoms with van der Waals surface area (Å²) < 4.78 is 1.83. The highest BCUT2D eigenvalue weighted by molar-refractivity contribution is 7.99. The van der Waals surface area contributed by atoms with E-state index in [9.17, 15) is 9.59 Å². The number of hydrogen-bond donors (Lipinski definition) is 2. The van der Waals surface area contributed by atoms with Gasteiger partial charge >= 0.3 is 0 Å². The fourth-order valence-corrected chi connectivity index (χ4v) is 3.19. The van der Waals surface area contributed by atoms with Gasteiger partial charge in [-0.25, -0.2) is 0 Å². The molecular formula is C15H17Cl2N5O2S. The minimum atomic E-state index is -0.432. The number of thioether (sulfide) groups is 1. The van der Waals surface area contributed by atoms with Crippen LogP contribution in [0.25, 0.3) is 0 Å². The molecule has 10 heteroatoms. The standard InChI is InChI=1S/C15H17Cl2N5O2S/c1-3-22-13(20-21-15(22)25-7-12(18)23)8(2)19-14(24)9-4-5-10(16)11(17)6-9/h4-6,8H,3,7H2,1-2H3,(H2,18,23)(H,19,24)/t8-/m1/s1. The number of halogens is 2. The minimum Gasteiger partial charge on any atom is -0.369 e. The van der Waals surface area contributed by atoms with Gasteiger partial charge in [0.05, 0.1) is 21.8 Å². The molecule has 1 aromatic heterocycles. The number of rotatable bonds is 7. The third-order valence-electron chi connectivity index (χ3n) is 3.32. The Labute approximate surface area is 159 Å². The van der Waals surface area contributed by atoms with Gasteiger partial charge in [0.1, 0.15) is 0 Å². The van der Waals surface area contributed by atoms with Crippen LogP contribution < -0.4 is 11.1 Å². The molecule has 1 heterocycles. The van der Waals surface area contributed by atoms with E-state index in [-0.39, 0.29) is 11.7 Å². The maximum absolute atomic E-state index is 12.4. The summed E-state index contributed by atoms with van der Waals surface area (Å²) in [5.41, 5.74) is 5.55. The van der Waals surface area contributed by atoms with Crippen molar-refractivity contribution in [3.05, 3.63) is 39.6 Å². The topological polar surface area (TPSA) is 103 Å². The number of amides is 2. The predicted molar refractivity (Wildman–Crippen MR) is 98.0 cm³/mol. The summed E-state index contributed by atoms with van der Waals surface area (Å²) in [5.74, 6) is -0.0357. The fourth-order valence-electron chi connectivity index (χ4n) is 2.14. The summed E-state index contributed by atoms with van der Waals surface area (Å²) >= 11 is 13.0. The van der Waals surface area contributed by atoms with E-state index in [4.69, 9.17) is 28.9 Å². The molecule has 0 saturated heterocycles. The summed E-state index contributed by atoms with van der Waals surface area (Å²) in [6.45, 7) is 4.32. The van der Waals surface area contributed by atoms with Gasteiger partial charge in [0, 0.05) is 12.1 Å². The molecule has 0 aliphatic rings. The zero-order valence-corrected chi connectivity index (χ0v) is 16.0. The van der Waals surface area contributed by atoms with Crippen LogP contribution in [0.15, 0.2) is 23.4 Å². The van der Waals surface area contributed by atoms with E-state index in [2.05, 4.69) is 15.5 Å². The predicted octanol–water partition coefficient (Wildman–Crippen LogP) is 2.67. The van der Waals surface area contributed by atoms with Crippen molar-refractivity contribution >= 4 is 46.8 Å². The van der Waals surface area contributed by atoms with Crippen molar-refractivity contribution in [2.75, 3.05) is 5.75 Å². The van der Waals surface area contributed by atoms with Crippen LogP contribution >= 0.6 is 35.0 Å². The number of nitrogens with two attached hydrogens (primary N) is 1. The van der Waals surface area contributed by atoms with Crippen molar-refractivity contribution in [1.29, 1.82) is 0 Å². The summed E-state index contributed by atoms with van der Waals surface area (Å²) in [7, 11) is 0. The van der Waals surface area contributed by atoms with Crippen LogP contribution in [0.2, 0.25) is 10.0 Å². The Bertz CT molecular complexity index is 796. The number of primary amides is 1. The lowest BCUT2D eigenvalue weighted by Gasteiger charge is -2.15. The van der Waals surface area contributed by atoms with E-state index in [1.165, 1.54) is 17.8 Å². The summed E-state index contributed by atoms with van der Waals surface area (Å²) in [6, 6.07) is 4.27. The quantitative estimate of drug-likeness (QED) is 0.694. The molecule has 0 unspecified atom stereocenters. The Balaban J connectivity index is 2.14. The van der Waals surface area contributed by atoms with E-state index in [1.807, 2.05) is 11.5 Å². The zero-order valence-electron chi connectivity index (χ0n) is 13.6. The van der Waals surface area contributed by atoms with Gasteiger partial charge in [0.25, 0.3) is 5.91 Å². The molecule has 1 aromatic carbocycles. The number of hydrogen-bond acceptors (Lipinski definition) is 5. The van der Waals surface area contributed by atoms with Crippen LogP contribution in [0.5, 0.6) is 0 Å². The second-order valence-electron chi connectivity index (χ2n) is 5.16. The van der Waals surface area contributed by atoms with Gasteiger partial charge in [0.15, 0.2) is 11.0 Å². The number of carbonyl (C=O) groups excluding carboxylic acids is 2. The van der Waals surface area contributed by atoms with Crippen LogP contribution in [0.1, 0.15) is 36.1 Å². The Morgan fingerprint density at radius 3 is 2.64 bits per heavy atom. The SMILES string of the molecule is CCn1c(SCC(N)=O)nnc1[C@@H](C)NC(=O)c1ccc(Cl)c(Cl)c1. The second kappa shape index (κ2) is 8.55. The van der Waals surface area contributed by atoms with Crippen molar-refractivity contribution in [2.24, 2.45) is 5.73 Å². The Morgan fingerprint density at radius 1 is 1.32 bits per heavy atom. The molecule has 7 nitrogen and oxygen atoms in total. The van der Waals surface area contributed by atoms with E-state index >= 15 is 0 Å². The number of nitrogens with one attached hydrogen (secondary N) is 1. The first-order valence-electron chi connectivity index (χ1n) is 7.43. The molecule has 134 valence electrons. The largest absolute Gasteiger partial charge is 0.369 e. The monoisotopic (exact) mass is 401 g/mol. The average Bonchev–Trinajstić information content (AvgIpc) is 2.98. The van der Waals surface area contributed by atoms with Crippen LogP contribution in [0.4, 0.5) is 0 Å². The van der Waals surface area contributed by atoms with Crippen molar-refractivity contribution in [1.82, 2.24) is 20.1 Å². The first kappa shape index (κ1) is 19.6. The van der Waals surface area contributed by atoms with E-state index in [0.717, 1.165) is 0 Å². The molecule has 0 aliphatic carbocycles. The minimum absolute atomic E-state index is 0.113. The molecular weight excluding hydrogens is 385 g/mol. The Hall–Kier alpha value is -1.77. The summed E-state index contributed by atoms with van der Waals surface area (Å²) in [4.78, 5) is 23.3. The molecule has 0 saturated carbocycles. The van der Waals surface area contributed by atoms with E-state index in [1.54, 1.807) is 19.1 Å². The van der Waals surface area contributed by atoms with Crippen molar-refractivity contribution < 1.29 is 9.59 Å². The highest BCUT2D eigenvalue weighted by atomic mass is 35.5. The Kier molecular flexibility index (Phi) is 6.69. The highest BCUT2D eigenvalue weighted by Gasteiger charge is 2.20. The lowest BCUT2D eigenvalue weighted by atomic mass is 10.2. The maximum Gasteiger partial charge on any atom is 0.251 e. The molecule has 0 bridgehead atoms. The average molecular weight is 402 g/mol. The molecule has 0 fully saturated rings. The van der Waals surface area contributed by atoms with Crippen LogP contribution in [-0.2, 0) is 11.3 Å². The highest BCUT2D eigenvalue weighted by Crippen LogP contribution is 2.24. The molecule has 1 atom stereocenters. The van der Waals surface area contributed by atoms with Gasteiger partial charge in [-0.2, -0.15) is 0 Å². The number of carbonyl (C=O) groups is 2. The van der Waals surface area contributed by atoms with Crippen LogP contribution in [-0.4, -0.2) is 32.3 Å². The lowest BCUT2D eigenvalue weighted by molar-refractivity contribution is -0.115. The number of benzene rings is 1. The van der Waals surface area contributed by atoms with Crippen molar-refractivity contribution in [3.8, 4) is 0 Å². The third kappa shape index (κ3) is 4.87. The zero-order chi connectivity index (χ0) is 18.6. The lowest BCUT2D eigenvalue weighted by Crippen LogP contribution is -2.28. The van der Waals surface area contributed by atoms with Gasteiger partial charge in [-0.1, -0.05) is 35.0 Å². The summed E-state index contributed by atoms with van der Waals surface area (Å²) in [6.07, 6.45) is 0. The van der Waals surface area contributed by atoms with Crippen molar-refractivity contribution in [2.45, 2.75) is 31.6 Å². The van der Waals surface area contributed by atoms with E-state index in [0.29, 0.717) is 33.1 Å². The van der Waals surface area contributed by atoms with Crippen molar-refractivity contribution in [3.63, 3.8) is 0 Å². The summed E-state index contributed by atoms with van der Waals surface area (Å²) in [5, 5.41) is 12.3. The fraction of sp³-hybridized carbons (Fsp3) is 0.333. The molecule has 2 aromatic rings. The number of nitrogens with zero attached hydrogens (tertiary/aromatic N) is 3. The van der Waals surface area contributed by atoms with Gasteiger partial charge in [-0.3, -0.25) is 9.59 Å².